The van der Waals surface area contributed by atoms with Gasteiger partial charge in [-0.05, 0) is 61.4 Å². The zero-order chi connectivity index (χ0) is 19.2. The minimum absolute atomic E-state index is 0.279. The van der Waals surface area contributed by atoms with E-state index >= 15 is 0 Å². The Morgan fingerprint density at radius 3 is 2.25 bits per heavy atom. The van der Waals surface area contributed by atoms with E-state index in [0.29, 0.717) is 23.3 Å². The fourth-order valence-electron chi connectivity index (χ4n) is 3.24. The smallest absolute Gasteiger partial charge is 0.276 e. The molecule has 1 aliphatic carbocycles. The molecule has 142 valence electrons. The van der Waals surface area contributed by atoms with Crippen LogP contribution in [0.1, 0.15) is 36.2 Å². The van der Waals surface area contributed by atoms with E-state index < -0.39 is 0 Å². The zero-order valence-electron chi connectivity index (χ0n) is 15.5. The van der Waals surface area contributed by atoms with E-state index in [2.05, 4.69) is 20.8 Å². The second-order valence-corrected chi connectivity index (χ2v) is 6.82. The summed E-state index contributed by atoms with van der Waals surface area (Å²) >= 11 is 0. The van der Waals surface area contributed by atoms with Gasteiger partial charge in [-0.2, -0.15) is 0 Å². The lowest BCUT2D eigenvalue weighted by molar-refractivity contribution is 0.102. The maximum Gasteiger partial charge on any atom is 0.276 e. The molecule has 1 saturated carbocycles. The van der Waals surface area contributed by atoms with Crippen molar-refractivity contribution >= 4 is 17.4 Å². The molecule has 0 saturated heterocycles. The van der Waals surface area contributed by atoms with Crippen molar-refractivity contribution < 1.29 is 9.53 Å². The number of ether oxygens (including phenoxy) is 1. The molecule has 1 aliphatic rings. The van der Waals surface area contributed by atoms with Gasteiger partial charge in [0.25, 0.3) is 5.91 Å². The maximum atomic E-state index is 12.4. The second kappa shape index (κ2) is 8.52. The Morgan fingerprint density at radius 1 is 0.857 bits per heavy atom. The van der Waals surface area contributed by atoms with Gasteiger partial charge in [0.05, 0.1) is 0 Å². The lowest BCUT2D eigenvalue weighted by Crippen LogP contribution is -2.18. The quantitative estimate of drug-likeness (QED) is 0.643. The van der Waals surface area contributed by atoms with Crippen molar-refractivity contribution in [3.63, 3.8) is 0 Å². The van der Waals surface area contributed by atoms with Gasteiger partial charge in [-0.1, -0.05) is 31.0 Å². The molecule has 3 aromatic rings. The van der Waals surface area contributed by atoms with E-state index in [0.717, 1.165) is 18.6 Å². The molecule has 0 spiro atoms. The third-order valence-electron chi connectivity index (χ3n) is 4.70. The van der Waals surface area contributed by atoms with Crippen molar-refractivity contribution in [2.24, 2.45) is 0 Å². The maximum absolute atomic E-state index is 12.4. The average molecular weight is 374 g/mol. The van der Waals surface area contributed by atoms with Crippen LogP contribution in [0, 0.1) is 0 Å². The number of carbonyl (C=O) groups is 1. The Labute approximate surface area is 164 Å². The molecule has 1 amide bonds. The summed E-state index contributed by atoms with van der Waals surface area (Å²) in [5.74, 6) is 1.88. The summed E-state index contributed by atoms with van der Waals surface area (Å²) in [5, 5.41) is 14.4. The summed E-state index contributed by atoms with van der Waals surface area (Å²) < 4.78 is 5.75. The Morgan fingerprint density at radius 2 is 1.57 bits per heavy atom. The molecule has 6 nitrogen and oxygen atoms in total. The predicted molar refractivity (Wildman–Crippen MR) is 109 cm³/mol. The summed E-state index contributed by atoms with van der Waals surface area (Å²) in [7, 11) is 0. The van der Waals surface area contributed by atoms with Crippen LogP contribution in [0.2, 0.25) is 0 Å². The van der Waals surface area contributed by atoms with Gasteiger partial charge in [0.1, 0.15) is 17.3 Å². The Balaban J connectivity index is 1.33. The molecule has 0 atom stereocenters. The van der Waals surface area contributed by atoms with Crippen LogP contribution in [0.15, 0.2) is 66.7 Å². The number of aromatic nitrogens is 2. The van der Waals surface area contributed by atoms with Gasteiger partial charge in [-0.3, -0.25) is 4.79 Å². The molecule has 1 heterocycles. The van der Waals surface area contributed by atoms with Crippen molar-refractivity contribution in [1.29, 1.82) is 0 Å². The second-order valence-electron chi connectivity index (χ2n) is 6.82. The largest absolute Gasteiger partial charge is 0.457 e. The summed E-state index contributed by atoms with van der Waals surface area (Å²) in [6.45, 7) is 0. The van der Waals surface area contributed by atoms with Crippen LogP contribution in [-0.4, -0.2) is 22.1 Å². The van der Waals surface area contributed by atoms with E-state index in [-0.39, 0.29) is 11.6 Å². The van der Waals surface area contributed by atoms with Gasteiger partial charge in [0.15, 0.2) is 5.69 Å². The van der Waals surface area contributed by atoms with Crippen molar-refractivity contribution in [2.75, 3.05) is 10.6 Å². The Bertz CT molecular complexity index is 906. The molecule has 6 heteroatoms. The Kier molecular flexibility index (Phi) is 5.47. The number of hydrogen-bond donors (Lipinski definition) is 2. The summed E-state index contributed by atoms with van der Waals surface area (Å²) in [5.41, 5.74) is 0.946. The molecule has 28 heavy (non-hydrogen) atoms. The fraction of sp³-hybridized carbons (Fsp3) is 0.227. The SMILES string of the molecule is O=C(Nc1ccc(Oc2ccccc2)cc1)c1ccc(NC2CCCC2)nn1. The van der Waals surface area contributed by atoms with Crippen molar-refractivity contribution in [1.82, 2.24) is 10.2 Å². The van der Waals surface area contributed by atoms with Gasteiger partial charge in [-0.15, -0.1) is 10.2 Å². The number of anilines is 2. The van der Waals surface area contributed by atoms with Crippen LogP contribution in [-0.2, 0) is 0 Å². The molecular formula is C22H22N4O2. The van der Waals surface area contributed by atoms with Crippen LogP contribution in [0.5, 0.6) is 11.5 Å². The molecule has 4 rings (SSSR count). The van der Waals surface area contributed by atoms with Crippen LogP contribution in [0.3, 0.4) is 0 Å². The molecule has 0 aliphatic heterocycles. The highest BCUT2D eigenvalue weighted by atomic mass is 16.5. The van der Waals surface area contributed by atoms with Crippen LogP contribution in [0.25, 0.3) is 0 Å². The first kappa shape index (κ1) is 18.0. The highest BCUT2D eigenvalue weighted by Gasteiger charge is 2.15. The minimum Gasteiger partial charge on any atom is -0.457 e. The molecule has 0 unspecified atom stereocenters. The van der Waals surface area contributed by atoms with E-state index in [1.54, 1.807) is 24.3 Å². The number of nitrogens with one attached hydrogen (secondary N) is 2. The third kappa shape index (κ3) is 4.65. The van der Waals surface area contributed by atoms with Gasteiger partial charge >= 0.3 is 0 Å². The van der Waals surface area contributed by atoms with Crippen molar-refractivity contribution in [3.05, 3.63) is 72.4 Å². The summed E-state index contributed by atoms with van der Waals surface area (Å²) in [6.07, 6.45) is 4.82. The molecule has 1 aromatic heterocycles. The van der Waals surface area contributed by atoms with E-state index in [1.807, 2.05) is 42.5 Å². The average Bonchev–Trinajstić information content (AvgIpc) is 3.24. The number of hydrogen-bond acceptors (Lipinski definition) is 5. The highest BCUT2D eigenvalue weighted by molar-refractivity contribution is 6.02. The number of nitrogens with zero attached hydrogens (tertiary/aromatic N) is 2. The lowest BCUT2D eigenvalue weighted by atomic mass is 10.2. The molecule has 1 fully saturated rings. The number of rotatable bonds is 6. The lowest BCUT2D eigenvalue weighted by Gasteiger charge is -2.12. The normalized spacial score (nSPS) is 13.9. The first-order valence-corrected chi connectivity index (χ1v) is 9.51. The third-order valence-corrected chi connectivity index (χ3v) is 4.70. The van der Waals surface area contributed by atoms with Crippen LogP contribution >= 0.6 is 0 Å². The number of para-hydroxylation sites is 1. The van der Waals surface area contributed by atoms with Gasteiger partial charge < -0.3 is 15.4 Å². The van der Waals surface area contributed by atoms with E-state index in [1.165, 1.54) is 12.8 Å². The highest BCUT2D eigenvalue weighted by Crippen LogP contribution is 2.23. The van der Waals surface area contributed by atoms with Gasteiger partial charge in [-0.25, -0.2) is 0 Å². The predicted octanol–water partition coefficient (Wildman–Crippen LogP) is 4.88. The Hall–Kier alpha value is -3.41. The summed E-state index contributed by atoms with van der Waals surface area (Å²) in [6, 6.07) is 20.7. The van der Waals surface area contributed by atoms with Gasteiger partial charge in [0, 0.05) is 11.7 Å². The molecule has 0 radical (unpaired) electrons. The first-order chi connectivity index (χ1) is 13.8. The van der Waals surface area contributed by atoms with Crippen LogP contribution < -0.4 is 15.4 Å². The number of benzene rings is 2. The van der Waals surface area contributed by atoms with Crippen molar-refractivity contribution in [3.8, 4) is 11.5 Å². The van der Waals surface area contributed by atoms with E-state index in [4.69, 9.17) is 4.74 Å². The standard InChI is InChI=1S/C22H22N4O2/c27-22(20-14-15-21(26-25-20)23-16-6-4-5-7-16)24-17-10-12-19(13-11-17)28-18-8-2-1-3-9-18/h1-3,8-16H,4-7H2,(H,23,26)(H,24,27). The first-order valence-electron chi connectivity index (χ1n) is 9.51. The number of amides is 1. The molecule has 2 N–H and O–H groups in total. The van der Waals surface area contributed by atoms with Crippen molar-refractivity contribution in [2.45, 2.75) is 31.7 Å². The van der Waals surface area contributed by atoms with Crippen LogP contribution in [0.4, 0.5) is 11.5 Å². The summed E-state index contributed by atoms with van der Waals surface area (Å²) in [4.78, 5) is 12.4. The molecule has 2 aromatic carbocycles. The monoisotopic (exact) mass is 374 g/mol. The zero-order valence-corrected chi connectivity index (χ0v) is 15.5. The number of carbonyl (C=O) groups excluding carboxylic acids is 1. The topological polar surface area (TPSA) is 76.1 Å². The fourth-order valence-corrected chi connectivity index (χ4v) is 3.24. The molecule has 0 bridgehead atoms. The molecular weight excluding hydrogens is 352 g/mol. The van der Waals surface area contributed by atoms with Gasteiger partial charge in [0.2, 0.25) is 0 Å². The minimum atomic E-state index is -0.295. The van der Waals surface area contributed by atoms with E-state index in [9.17, 15) is 4.79 Å².